The van der Waals surface area contributed by atoms with Crippen LogP contribution in [-0.4, -0.2) is 17.4 Å². The Morgan fingerprint density at radius 2 is 1.90 bits per heavy atom. The van der Waals surface area contributed by atoms with E-state index in [1.54, 1.807) is 37.3 Å². The largest absolute Gasteiger partial charge is 0.416 e. The Balaban J connectivity index is 2.99. The molecule has 0 bridgehead atoms. The van der Waals surface area contributed by atoms with Crippen molar-refractivity contribution in [3.63, 3.8) is 0 Å². The van der Waals surface area contributed by atoms with Gasteiger partial charge < -0.3 is 5.11 Å². The van der Waals surface area contributed by atoms with Gasteiger partial charge in [-0.25, -0.2) is 0 Å². The molecule has 1 N–H and O–H groups in total. The molecule has 20 heavy (non-hydrogen) atoms. The van der Waals surface area contributed by atoms with Crippen LogP contribution in [-0.2, 0) is 0 Å². The second-order valence-electron chi connectivity index (χ2n) is 4.44. The molecule has 0 unspecified atom stereocenters. The summed E-state index contributed by atoms with van der Waals surface area (Å²) in [6, 6.07) is 8.23. The van der Waals surface area contributed by atoms with Crippen molar-refractivity contribution in [2.45, 2.75) is 25.6 Å². The Bertz CT molecular complexity index is 496. The SMILES string of the molecule is C=C(/C(=C\C=C/C[C@@H](C)O)C(F)(F)F)c1ccccc1. The average Bonchev–Trinajstić information content (AvgIpc) is 2.37. The number of aliphatic hydroxyl groups excluding tert-OH is 1. The van der Waals surface area contributed by atoms with Crippen LogP contribution in [0, 0.1) is 0 Å². The number of rotatable bonds is 5. The molecule has 0 amide bonds. The van der Waals surface area contributed by atoms with Gasteiger partial charge in [-0.05, 0) is 30.6 Å². The van der Waals surface area contributed by atoms with Gasteiger partial charge in [-0.15, -0.1) is 0 Å². The van der Waals surface area contributed by atoms with Crippen LogP contribution < -0.4 is 0 Å². The van der Waals surface area contributed by atoms with Crippen LogP contribution in [0.15, 0.2) is 60.7 Å². The third-order valence-corrected chi connectivity index (χ3v) is 2.63. The maximum Gasteiger partial charge on any atom is 0.416 e. The first kappa shape index (κ1) is 16.2. The normalized spacial score (nSPS) is 14.6. The van der Waals surface area contributed by atoms with Crippen molar-refractivity contribution in [1.82, 2.24) is 0 Å². The third kappa shape index (κ3) is 5.05. The van der Waals surface area contributed by atoms with Crippen molar-refractivity contribution < 1.29 is 18.3 Å². The summed E-state index contributed by atoms with van der Waals surface area (Å²) < 4.78 is 39.1. The van der Waals surface area contributed by atoms with E-state index < -0.39 is 17.9 Å². The van der Waals surface area contributed by atoms with Gasteiger partial charge >= 0.3 is 6.18 Å². The van der Waals surface area contributed by atoms with E-state index in [9.17, 15) is 13.2 Å². The van der Waals surface area contributed by atoms with E-state index in [0.29, 0.717) is 12.0 Å². The predicted molar refractivity (Wildman–Crippen MR) is 75.1 cm³/mol. The highest BCUT2D eigenvalue weighted by Crippen LogP contribution is 2.35. The Morgan fingerprint density at radius 3 is 2.40 bits per heavy atom. The van der Waals surface area contributed by atoms with E-state index in [4.69, 9.17) is 5.11 Å². The summed E-state index contributed by atoms with van der Waals surface area (Å²) >= 11 is 0. The lowest BCUT2D eigenvalue weighted by Gasteiger charge is -2.14. The highest BCUT2D eigenvalue weighted by molar-refractivity contribution is 5.78. The molecule has 0 spiro atoms. The van der Waals surface area contributed by atoms with Gasteiger partial charge in [0, 0.05) is 0 Å². The van der Waals surface area contributed by atoms with Gasteiger partial charge in [0.2, 0.25) is 0 Å². The van der Waals surface area contributed by atoms with Crippen molar-refractivity contribution in [1.29, 1.82) is 0 Å². The van der Waals surface area contributed by atoms with Crippen molar-refractivity contribution >= 4 is 5.57 Å². The van der Waals surface area contributed by atoms with Crippen LogP contribution in [0.1, 0.15) is 18.9 Å². The quantitative estimate of drug-likeness (QED) is 0.787. The molecule has 0 fully saturated rings. The van der Waals surface area contributed by atoms with E-state index >= 15 is 0 Å². The van der Waals surface area contributed by atoms with Gasteiger partial charge in [0.25, 0.3) is 0 Å². The molecule has 0 aliphatic heterocycles. The Labute approximate surface area is 116 Å². The number of alkyl halides is 3. The Morgan fingerprint density at radius 1 is 1.30 bits per heavy atom. The lowest BCUT2D eigenvalue weighted by Crippen LogP contribution is -2.13. The van der Waals surface area contributed by atoms with Gasteiger partial charge in [-0.2, -0.15) is 13.2 Å². The van der Waals surface area contributed by atoms with Crippen LogP contribution in [0.25, 0.3) is 5.57 Å². The molecule has 1 aromatic rings. The van der Waals surface area contributed by atoms with E-state index in [0.717, 1.165) is 6.08 Å². The van der Waals surface area contributed by atoms with Crippen LogP contribution in [0.3, 0.4) is 0 Å². The molecule has 0 heterocycles. The fourth-order valence-corrected chi connectivity index (χ4v) is 1.60. The molecule has 1 nitrogen and oxygen atoms in total. The van der Waals surface area contributed by atoms with Crippen LogP contribution in [0.5, 0.6) is 0 Å². The number of hydrogen-bond acceptors (Lipinski definition) is 1. The molecule has 1 aromatic carbocycles. The van der Waals surface area contributed by atoms with E-state index in [-0.39, 0.29) is 5.57 Å². The summed E-state index contributed by atoms with van der Waals surface area (Å²) in [5.74, 6) is 0. The van der Waals surface area contributed by atoms with Gasteiger partial charge in [-0.3, -0.25) is 0 Å². The molecule has 4 heteroatoms. The molecular formula is C16H17F3O. The predicted octanol–water partition coefficient (Wildman–Crippen LogP) is 4.52. The first-order valence-corrected chi connectivity index (χ1v) is 6.19. The molecule has 108 valence electrons. The summed E-state index contributed by atoms with van der Waals surface area (Å²) in [4.78, 5) is 0. The topological polar surface area (TPSA) is 20.2 Å². The van der Waals surface area contributed by atoms with E-state index in [1.807, 2.05) is 0 Å². The smallest absolute Gasteiger partial charge is 0.393 e. The van der Waals surface area contributed by atoms with Crippen LogP contribution >= 0.6 is 0 Å². The molecule has 1 atom stereocenters. The summed E-state index contributed by atoms with van der Waals surface area (Å²) in [5, 5.41) is 9.05. The zero-order valence-corrected chi connectivity index (χ0v) is 11.2. The van der Waals surface area contributed by atoms with E-state index in [1.165, 1.54) is 12.2 Å². The minimum absolute atomic E-state index is 0.0696. The second kappa shape index (κ2) is 7.10. The molecule has 0 radical (unpaired) electrons. The van der Waals surface area contributed by atoms with Crippen LogP contribution in [0.2, 0.25) is 0 Å². The Kier molecular flexibility index (Phi) is 5.77. The minimum Gasteiger partial charge on any atom is -0.393 e. The highest BCUT2D eigenvalue weighted by atomic mass is 19.4. The molecule has 0 aromatic heterocycles. The average molecular weight is 282 g/mol. The summed E-state index contributed by atoms with van der Waals surface area (Å²) in [7, 11) is 0. The lowest BCUT2D eigenvalue weighted by atomic mass is 9.98. The second-order valence-corrected chi connectivity index (χ2v) is 4.44. The fourth-order valence-electron chi connectivity index (χ4n) is 1.60. The number of allylic oxidation sites excluding steroid dienone is 4. The number of hydrogen-bond donors (Lipinski definition) is 1. The summed E-state index contributed by atoms with van der Waals surface area (Å²) in [6.45, 7) is 5.11. The van der Waals surface area contributed by atoms with Gasteiger partial charge in [-0.1, -0.05) is 49.1 Å². The van der Waals surface area contributed by atoms with Crippen molar-refractivity contribution in [3.8, 4) is 0 Å². The van der Waals surface area contributed by atoms with Crippen molar-refractivity contribution in [2.24, 2.45) is 0 Å². The van der Waals surface area contributed by atoms with Crippen molar-refractivity contribution in [3.05, 3.63) is 66.3 Å². The summed E-state index contributed by atoms with van der Waals surface area (Å²) in [6.07, 6.45) is -0.969. The molecule has 0 saturated carbocycles. The fraction of sp³-hybridized carbons (Fsp3) is 0.250. The van der Waals surface area contributed by atoms with Crippen LogP contribution in [0.4, 0.5) is 13.2 Å². The number of halogens is 3. The molecule has 1 rings (SSSR count). The maximum atomic E-state index is 13.0. The maximum absolute atomic E-state index is 13.0. The zero-order valence-electron chi connectivity index (χ0n) is 11.2. The molecular weight excluding hydrogens is 265 g/mol. The Hall–Kier alpha value is -1.81. The molecule has 0 saturated heterocycles. The third-order valence-electron chi connectivity index (χ3n) is 2.63. The number of aliphatic hydroxyl groups is 1. The monoisotopic (exact) mass is 282 g/mol. The van der Waals surface area contributed by atoms with Gasteiger partial charge in [0.1, 0.15) is 0 Å². The standard InChI is InChI=1S/C16H17F3O/c1-12(20)8-6-7-11-15(16(17,18)19)13(2)14-9-4-3-5-10-14/h3-7,9-12,20H,2,8H2,1H3/b7-6-,15-11+/t12-/m1/s1. The zero-order chi connectivity index (χ0) is 15.2. The number of benzene rings is 1. The first-order valence-electron chi connectivity index (χ1n) is 6.19. The van der Waals surface area contributed by atoms with E-state index in [2.05, 4.69) is 6.58 Å². The minimum atomic E-state index is -4.47. The van der Waals surface area contributed by atoms with Crippen molar-refractivity contribution in [2.75, 3.05) is 0 Å². The highest BCUT2D eigenvalue weighted by Gasteiger charge is 2.35. The first-order chi connectivity index (χ1) is 9.32. The molecule has 0 aliphatic rings. The van der Waals surface area contributed by atoms with Gasteiger partial charge in [0.15, 0.2) is 0 Å². The lowest BCUT2D eigenvalue weighted by molar-refractivity contribution is -0.0870. The van der Waals surface area contributed by atoms with Gasteiger partial charge in [0.05, 0.1) is 11.7 Å². The summed E-state index contributed by atoms with van der Waals surface area (Å²) in [5.41, 5.74) is -0.426. The molecule has 0 aliphatic carbocycles.